The minimum atomic E-state index is 0.507. The normalized spacial score (nSPS) is 10.7. The third-order valence-electron chi connectivity index (χ3n) is 2.96. The van der Waals surface area contributed by atoms with E-state index in [1.54, 1.807) is 12.4 Å². The summed E-state index contributed by atoms with van der Waals surface area (Å²) in [4.78, 5) is 8.52. The van der Waals surface area contributed by atoms with Gasteiger partial charge in [0.2, 0.25) is 5.88 Å². The fourth-order valence-electron chi connectivity index (χ4n) is 2.05. The summed E-state index contributed by atoms with van der Waals surface area (Å²) in [6.45, 7) is 0.669. The molecule has 0 aliphatic rings. The van der Waals surface area contributed by atoms with Gasteiger partial charge in [-0.3, -0.25) is 4.98 Å². The molecule has 1 N–H and O–H groups in total. The SMILES string of the molecule is CNCc1cncc(Oc2ccc3ccccc3c2)n1. The van der Waals surface area contributed by atoms with Crippen LogP contribution in [0.4, 0.5) is 0 Å². The van der Waals surface area contributed by atoms with E-state index >= 15 is 0 Å². The molecule has 0 amide bonds. The Bertz CT molecular complexity index is 727. The fourth-order valence-corrected chi connectivity index (χ4v) is 2.05. The molecule has 0 fully saturated rings. The fraction of sp³-hybridized carbons (Fsp3) is 0.125. The summed E-state index contributed by atoms with van der Waals surface area (Å²) in [6.07, 6.45) is 3.35. The van der Waals surface area contributed by atoms with Crippen molar-refractivity contribution >= 4 is 10.8 Å². The van der Waals surface area contributed by atoms with Crippen molar-refractivity contribution in [3.63, 3.8) is 0 Å². The minimum Gasteiger partial charge on any atom is -0.437 e. The van der Waals surface area contributed by atoms with Crippen LogP contribution >= 0.6 is 0 Å². The molecule has 0 spiro atoms. The van der Waals surface area contributed by atoms with Gasteiger partial charge in [0.1, 0.15) is 5.75 Å². The number of nitrogens with one attached hydrogen (secondary N) is 1. The van der Waals surface area contributed by atoms with Crippen LogP contribution in [0.25, 0.3) is 10.8 Å². The van der Waals surface area contributed by atoms with Gasteiger partial charge in [0.25, 0.3) is 0 Å². The van der Waals surface area contributed by atoms with Gasteiger partial charge < -0.3 is 10.1 Å². The molecular formula is C16H15N3O. The van der Waals surface area contributed by atoms with Gasteiger partial charge in [-0.15, -0.1) is 0 Å². The number of nitrogens with zero attached hydrogens (tertiary/aromatic N) is 2. The van der Waals surface area contributed by atoms with Gasteiger partial charge in [0, 0.05) is 12.7 Å². The monoisotopic (exact) mass is 265 g/mol. The largest absolute Gasteiger partial charge is 0.437 e. The lowest BCUT2D eigenvalue weighted by atomic mass is 10.1. The first-order chi connectivity index (χ1) is 9.85. The van der Waals surface area contributed by atoms with Gasteiger partial charge in [-0.1, -0.05) is 30.3 Å². The Kier molecular flexibility index (Phi) is 3.56. The van der Waals surface area contributed by atoms with Gasteiger partial charge in [-0.2, -0.15) is 0 Å². The summed E-state index contributed by atoms with van der Waals surface area (Å²) in [5, 5.41) is 5.37. The van der Waals surface area contributed by atoms with Crippen LogP contribution < -0.4 is 10.1 Å². The molecule has 0 unspecified atom stereocenters. The smallest absolute Gasteiger partial charge is 0.238 e. The first-order valence-corrected chi connectivity index (χ1v) is 6.47. The molecule has 0 aliphatic heterocycles. The standard InChI is InChI=1S/C16H15N3O/c1-17-9-14-10-18-11-16(19-14)20-15-7-6-12-4-2-3-5-13(12)8-15/h2-8,10-11,17H,9H2,1H3. The molecule has 4 heteroatoms. The maximum absolute atomic E-state index is 5.77. The molecule has 0 atom stereocenters. The zero-order valence-corrected chi connectivity index (χ0v) is 11.2. The van der Waals surface area contributed by atoms with Crippen LogP contribution in [0.15, 0.2) is 54.9 Å². The molecule has 3 rings (SSSR count). The topological polar surface area (TPSA) is 47.0 Å². The molecule has 0 bridgehead atoms. The summed E-state index contributed by atoms with van der Waals surface area (Å²) >= 11 is 0. The second-order valence-corrected chi connectivity index (χ2v) is 4.49. The van der Waals surface area contributed by atoms with E-state index < -0.39 is 0 Å². The van der Waals surface area contributed by atoms with E-state index in [0.717, 1.165) is 16.8 Å². The van der Waals surface area contributed by atoms with Crippen LogP contribution in [0.2, 0.25) is 0 Å². The van der Waals surface area contributed by atoms with E-state index in [0.29, 0.717) is 12.4 Å². The third kappa shape index (κ3) is 2.75. The molecule has 3 aromatic rings. The molecule has 0 saturated carbocycles. The van der Waals surface area contributed by atoms with Gasteiger partial charge in [-0.05, 0) is 30.0 Å². The summed E-state index contributed by atoms with van der Waals surface area (Å²) in [6, 6.07) is 14.2. The van der Waals surface area contributed by atoms with E-state index in [-0.39, 0.29) is 0 Å². The molecule has 20 heavy (non-hydrogen) atoms. The average Bonchev–Trinajstić information content (AvgIpc) is 2.48. The van der Waals surface area contributed by atoms with Crippen LogP contribution in [0.3, 0.4) is 0 Å². The summed E-state index contributed by atoms with van der Waals surface area (Å²) in [7, 11) is 1.87. The molecule has 0 aliphatic carbocycles. The van der Waals surface area contributed by atoms with Gasteiger partial charge >= 0.3 is 0 Å². The molecule has 1 heterocycles. The first kappa shape index (κ1) is 12.6. The number of hydrogen-bond donors (Lipinski definition) is 1. The predicted octanol–water partition coefficient (Wildman–Crippen LogP) is 3.14. The highest BCUT2D eigenvalue weighted by molar-refractivity contribution is 5.83. The van der Waals surface area contributed by atoms with Crippen molar-refractivity contribution in [2.45, 2.75) is 6.54 Å². The summed E-state index contributed by atoms with van der Waals surface area (Å²) in [5.41, 5.74) is 0.853. The Morgan fingerprint density at radius 1 is 1.05 bits per heavy atom. The third-order valence-corrected chi connectivity index (χ3v) is 2.96. The van der Waals surface area contributed by atoms with Crippen molar-refractivity contribution in [2.24, 2.45) is 0 Å². The molecule has 0 saturated heterocycles. The average molecular weight is 265 g/mol. The summed E-state index contributed by atoms with van der Waals surface area (Å²) in [5.74, 6) is 1.27. The van der Waals surface area contributed by atoms with Crippen molar-refractivity contribution in [3.05, 3.63) is 60.6 Å². The number of rotatable bonds is 4. The maximum Gasteiger partial charge on any atom is 0.238 e. The van der Waals surface area contributed by atoms with E-state index in [1.807, 2.05) is 37.4 Å². The first-order valence-electron chi connectivity index (χ1n) is 6.47. The minimum absolute atomic E-state index is 0.507. The van der Waals surface area contributed by atoms with Crippen molar-refractivity contribution in [1.29, 1.82) is 0 Å². The highest BCUT2D eigenvalue weighted by atomic mass is 16.5. The van der Waals surface area contributed by atoms with Crippen molar-refractivity contribution in [2.75, 3.05) is 7.05 Å². The van der Waals surface area contributed by atoms with Gasteiger partial charge in [-0.25, -0.2) is 4.98 Å². The Morgan fingerprint density at radius 3 is 2.75 bits per heavy atom. The number of aromatic nitrogens is 2. The zero-order valence-electron chi connectivity index (χ0n) is 11.2. The van der Waals surface area contributed by atoms with Crippen molar-refractivity contribution < 1.29 is 4.74 Å². The molecule has 1 aromatic heterocycles. The van der Waals surface area contributed by atoms with Crippen LogP contribution in [-0.4, -0.2) is 17.0 Å². The van der Waals surface area contributed by atoms with Crippen LogP contribution in [0.5, 0.6) is 11.6 Å². The van der Waals surface area contributed by atoms with E-state index in [1.165, 1.54) is 5.39 Å². The lowest BCUT2D eigenvalue weighted by molar-refractivity contribution is 0.457. The van der Waals surface area contributed by atoms with E-state index in [9.17, 15) is 0 Å². The highest BCUT2D eigenvalue weighted by Gasteiger charge is 2.02. The quantitative estimate of drug-likeness (QED) is 0.787. The Hall–Kier alpha value is -2.46. The molecular weight excluding hydrogens is 250 g/mol. The second-order valence-electron chi connectivity index (χ2n) is 4.49. The van der Waals surface area contributed by atoms with Crippen molar-refractivity contribution in [3.8, 4) is 11.6 Å². The lowest BCUT2D eigenvalue weighted by Gasteiger charge is -2.07. The molecule has 0 radical (unpaired) electrons. The zero-order chi connectivity index (χ0) is 13.8. The van der Waals surface area contributed by atoms with Gasteiger partial charge in [0.05, 0.1) is 11.9 Å². The Balaban J connectivity index is 1.87. The Labute approximate surface area is 117 Å². The van der Waals surface area contributed by atoms with E-state index in [4.69, 9.17) is 4.74 Å². The number of fused-ring (bicyclic) bond motifs is 1. The summed E-state index contributed by atoms with van der Waals surface area (Å²) < 4.78 is 5.77. The van der Waals surface area contributed by atoms with E-state index in [2.05, 4.69) is 27.4 Å². The molecule has 100 valence electrons. The van der Waals surface area contributed by atoms with Crippen LogP contribution in [0.1, 0.15) is 5.69 Å². The van der Waals surface area contributed by atoms with Gasteiger partial charge in [0.15, 0.2) is 0 Å². The second kappa shape index (κ2) is 5.67. The number of ether oxygens (including phenoxy) is 1. The maximum atomic E-state index is 5.77. The van der Waals surface area contributed by atoms with Crippen LogP contribution in [0, 0.1) is 0 Å². The number of benzene rings is 2. The predicted molar refractivity (Wildman–Crippen MR) is 78.8 cm³/mol. The molecule has 2 aromatic carbocycles. The Morgan fingerprint density at radius 2 is 1.90 bits per heavy atom. The molecule has 4 nitrogen and oxygen atoms in total. The highest BCUT2D eigenvalue weighted by Crippen LogP contribution is 2.24. The number of hydrogen-bond acceptors (Lipinski definition) is 4. The lowest BCUT2D eigenvalue weighted by Crippen LogP contribution is -2.07. The van der Waals surface area contributed by atoms with Crippen molar-refractivity contribution in [1.82, 2.24) is 15.3 Å². The van der Waals surface area contributed by atoms with Crippen LogP contribution in [-0.2, 0) is 6.54 Å².